The van der Waals surface area contributed by atoms with Gasteiger partial charge < -0.3 is 14.4 Å². The van der Waals surface area contributed by atoms with Gasteiger partial charge in [-0.1, -0.05) is 19.1 Å². The highest BCUT2D eigenvalue weighted by Gasteiger charge is 2.34. The molecule has 1 fully saturated rings. The summed E-state index contributed by atoms with van der Waals surface area (Å²) < 4.78 is 11.2. The molecule has 2 aliphatic heterocycles. The third kappa shape index (κ3) is 3.17. The first-order valence-corrected chi connectivity index (χ1v) is 8.06. The normalized spacial score (nSPS) is 24.2. The molecule has 6 nitrogen and oxygen atoms in total. The fraction of sp³-hybridized carbons (Fsp3) is 0.529. The van der Waals surface area contributed by atoms with Crippen LogP contribution in [-0.2, 0) is 14.3 Å². The molecule has 0 aliphatic carbocycles. The lowest BCUT2D eigenvalue weighted by molar-refractivity contribution is -0.139. The van der Waals surface area contributed by atoms with Crippen LogP contribution < -0.4 is 9.64 Å². The van der Waals surface area contributed by atoms with E-state index in [1.807, 2.05) is 25.1 Å². The van der Waals surface area contributed by atoms with Gasteiger partial charge in [0.15, 0.2) is 6.10 Å². The zero-order valence-corrected chi connectivity index (χ0v) is 13.5. The number of hydrogen-bond acceptors (Lipinski definition) is 4. The van der Waals surface area contributed by atoms with E-state index in [1.165, 1.54) is 4.90 Å². The quantitative estimate of drug-likeness (QED) is 0.846. The zero-order chi connectivity index (χ0) is 16.4. The number of nitrogens with zero attached hydrogens (tertiary/aromatic N) is 2. The molecule has 0 saturated carbocycles. The monoisotopic (exact) mass is 318 g/mol. The minimum atomic E-state index is -0.578. The molecule has 0 unspecified atom stereocenters. The van der Waals surface area contributed by atoms with Gasteiger partial charge in [-0.15, -0.1) is 0 Å². The number of rotatable bonds is 3. The first kappa shape index (κ1) is 15.8. The lowest BCUT2D eigenvalue weighted by Gasteiger charge is -2.36. The molecule has 2 amide bonds. The van der Waals surface area contributed by atoms with Gasteiger partial charge in [0.05, 0.1) is 18.4 Å². The van der Waals surface area contributed by atoms with Gasteiger partial charge in [0.1, 0.15) is 12.3 Å². The highest BCUT2D eigenvalue weighted by Crippen LogP contribution is 2.33. The van der Waals surface area contributed by atoms with Crippen LogP contribution in [0.15, 0.2) is 24.3 Å². The number of amides is 2. The van der Waals surface area contributed by atoms with Gasteiger partial charge in [-0.3, -0.25) is 14.5 Å². The number of ether oxygens (including phenoxy) is 2. The molecule has 124 valence electrons. The highest BCUT2D eigenvalue weighted by atomic mass is 16.5. The molecule has 1 aromatic carbocycles. The molecule has 0 bridgehead atoms. The summed E-state index contributed by atoms with van der Waals surface area (Å²) in [6.07, 6.45) is 0.380. The summed E-state index contributed by atoms with van der Waals surface area (Å²) in [6.45, 7) is 5.50. The zero-order valence-electron chi connectivity index (χ0n) is 13.5. The molecule has 3 rings (SSSR count). The number of carbonyl (C=O) groups excluding carboxylic acids is 2. The summed E-state index contributed by atoms with van der Waals surface area (Å²) in [4.78, 5) is 28.4. The van der Waals surface area contributed by atoms with Crippen LogP contribution >= 0.6 is 0 Å². The van der Waals surface area contributed by atoms with Crippen molar-refractivity contribution in [1.82, 2.24) is 4.90 Å². The molecule has 2 aliphatic rings. The Labute approximate surface area is 136 Å². The summed E-state index contributed by atoms with van der Waals surface area (Å²) >= 11 is 0. The predicted octanol–water partition coefficient (Wildman–Crippen LogP) is 1.44. The summed E-state index contributed by atoms with van der Waals surface area (Å²) in [7, 11) is 0. The van der Waals surface area contributed by atoms with Crippen molar-refractivity contribution in [3.63, 3.8) is 0 Å². The molecular formula is C17H22N2O4. The number of hydrogen-bond donors (Lipinski definition) is 0. The molecule has 6 heteroatoms. The lowest BCUT2D eigenvalue weighted by Crippen LogP contribution is -2.52. The number of carbonyl (C=O) groups is 2. The summed E-state index contributed by atoms with van der Waals surface area (Å²) in [6, 6.07) is 7.32. The Bertz CT molecular complexity index is 604. The SMILES string of the molecule is CC[C@@H]1CN(C(=O)CN2C(=O)[C@H](C)Oc3ccccc32)CCO1. The van der Waals surface area contributed by atoms with Crippen molar-refractivity contribution in [3.05, 3.63) is 24.3 Å². The number of anilines is 1. The second-order valence-electron chi connectivity index (χ2n) is 5.89. The topological polar surface area (TPSA) is 59.1 Å². The van der Waals surface area contributed by atoms with E-state index < -0.39 is 6.10 Å². The standard InChI is InChI=1S/C17H22N2O4/c1-3-13-10-18(8-9-22-13)16(20)11-19-14-6-4-5-7-15(14)23-12(2)17(19)21/h4-7,12-13H,3,8-11H2,1-2H3/t12-,13+/m0/s1. The molecule has 0 aromatic heterocycles. The molecule has 2 atom stereocenters. The first-order valence-electron chi connectivity index (χ1n) is 8.06. The molecular weight excluding hydrogens is 296 g/mol. The van der Waals surface area contributed by atoms with Crippen LogP contribution in [0, 0.1) is 0 Å². The maximum absolute atomic E-state index is 12.6. The highest BCUT2D eigenvalue weighted by molar-refractivity contribution is 6.03. The van der Waals surface area contributed by atoms with E-state index in [0.29, 0.717) is 31.1 Å². The van der Waals surface area contributed by atoms with Crippen molar-refractivity contribution >= 4 is 17.5 Å². The van der Waals surface area contributed by atoms with Crippen LogP contribution in [0.2, 0.25) is 0 Å². The van der Waals surface area contributed by atoms with Crippen LogP contribution in [0.1, 0.15) is 20.3 Å². The van der Waals surface area contributed by atoms with Crippen molar-refractivity contribution in [1.29, 1.82) is 0 Å². The first-order chi connectivity index (χ1) is 11.1. The van der Waals surface area contributed by atoms with E-state index in [-0.39, 0.29) is 24.5 Å². The number of morpholine rings is 1. The fourth-order valence-corrected chi connectivity index (χ4v) is 2.95. The Kier molecular flexibility index (Phi) is 4.52. The van der Waals surface area contributed by atoms with E-state index in [4.69, 9.17) is 9.47 Å². The summed E-state index contributed by atoms with van der Waals surface area (Å²) in [5.41, 5.74) is 0.657. The second kappa shape index (κ2) is 6.58. The Morgan fingerprint density at radius 3 is 2.91 bits per heavy atom. The largest absolute Gasteiger partial charge is 0.479 e. The molecule has 1 aromatic rings. The van der Waals surface area contributed by atoms with Crippen LogP contribution in [0.5, 0.6) is 5.75 Å². The Morgan fingerprint density at radius 1 is 1.35 bits per heavy atom. The van der Waals surface area contributed by atoms with Gasteiger partial charge in [0, 0.05) is 13.1 Å². The van der Waals surface area contributed by atoms with Crippen molar-refractivity contribution < 1.29 is 19.1 Å². The average Bonchev–Trinajstić information content (AvgIpc) is 2.58. The van der Waals surface area contributed by atoms with Crippen LogP contribution in [0.3, 0.4) is 0 Å². The molecule has 23 heavy (non-hydrogen) atoms. The van der Waals surface area contributed by atoms with Gasteiger partial charge in [-0.2, -0.15) is 0 Å². The van der Waals surface area contributed by atoms with Gasteiger partial charge in [0.2, 0.25) is 5.91 Å². The van der Waals surface area contributed by atoms with Gasteiger partial charge in [0.25, 0.3) is 5.91 Å². The Morgan fingerprint density at radius 2 is 2.13 bits per heavy atom. The van der Waals surface area contributed by atoms with E-state index in [0.717, 1.165) is 6.42 Å². The molecule has 0 N–H and O–H groups in total. The van der Waals surface area contributed by atoms with Crippen LogP contribution in [-0.4, -0.2) is 55.2 Å². The average molecular weight is 318 g/mol. The minimum Gasteiger partial charge on any atom is -0.479 e. The molecule has 2 heterocycles. The van der Waals surface area contributed by atoms with Crippen molar-refractivity contribution in [2.75, 3.05) is 31.1 Å². The smallest absolute Gasteiger partial charge is 0.268 e. The maximum Gasteiger partial charge on any atom is 0.268 e. The molecule has 1 saturated heterocycles. The van der Waals surface area contributed by atoms with Crippen molar-refractivity contribution in [2.24, 2.45) is 0 Å². The van der Waals surface area contributed by atoms with Crippen LogP contribution in [0.4, 0.5) is 5.69 Å². The van der Waals surface area contributed by atoms with Crippen molar-refractivity contribution in [3.8, 4) is 5.75 Å². The van der Waals surface area contributed by atoms with Crippen molar-refractivity contribution in [2.45, 2.75) is 32.5 Å². The Balaban J connectivity index is 1.76. The summed E-state index contributed by atoms with van der Waals surface area (Å²) in [5.74, 6) is 0.405. The number of para-hydroxylation sites is 2. The third-order valence-corrected chi connectivity index (χ3v) is 4.31. The number of benzene rings is 1. The fourth-order valence-electron chi connectivity index (χ4n) is 2.95. The number of fused-ring (bicyclic) bond motifs is 1. The van der Waals surface area contributed by atoms with E-state index >= 15 is 0 Å². The minimum absolute atomic E-state index is 0.0416. The Hall–Kier alpha value is -2.08. The van der Waals surface area contributed by atoms with Gasteiger partial charge in [-0.05, 0) is 25.5 Å². The molecule has 0 radical (unpaired) electrons. The predicted molar refractivity (Wildman–Crippen MR) is 85.5 cm³/mol. The lowest BCUT2D eigenvalue weighted by atomic mass is 10.1. The third-order valence-electron chi connectivity index (χ3n) is 4.31. The van der Waals surface area contributed by atoms with Gasteiger partial charge in [-0.25, -0.2) is 0 Å². The maximum atomic E-state index is 12.6. The summed E-state index contributed by atoms with van der Waals surface area (Å²) in [5, 5.41) is 0. The van der Waals surface area contributed by atoms with E-state index in [1.54, 1.807) is 17.9 Å². The van der Waals surface area contributed by atoms with Crippen LogP contribution in [0.25, 0.3) is 0 Å². The van der Waals surface area contributed by atoms with E-state index in [2.05, 4.69) is 0 Å². The second-order valence-corrected chi connectivity index (χ2v) is 5.89. The molecule has 0 spiro atoms. The van der Waals surface area contributed by atoms with Gasteiger partial charge >= 0.3 is 0 Å². The van der Waals surface area contributed by atoms with E-state index in [9.17, 15) is 9.59 Å².